The first-order valence-corrected chi connectivity index (χ1v) is 28.0. The van der Waals surface area contributed by atoms with Crippen molar-refractivity contribution in [3.8, 4) is 0 Å². The second-order valence-electron chi connectivity index (χ2n) is 22.0. The van der Waals surface area contributed by atoms with Crippen molar-refractivity contribution in [3.63, 3.8) is 0 Å². The lowest BCUT2D eigenvalue weighted by atomic mass is 9.89. The van der Waals surface area contributed by atoms with Crippen molar-refractivity contribution < 1.29 is 52.6 Å². The Hall–Kier alpha value is -5.73. The van der Waals surface area contributed by atoms with E-state index >= 15 is 0 Å². The number of hydrogen-bond donors (Lipinski definition) is 5. The van der Waals surface area contributed by atoms with E-state index in [9.17, 15) is 43.2 Å². The minimum atomic E-state index is -1.09. The van der Waals surface area contributed by atoms with Crippen molar-refractivity contribution in [1.82, 2.24) is 46.4 Å². The van der Waals surface area contributed by atoms with Crippen LogP contribution in [0.4, 0.5) is 0 Å². The van der Waals surface area contributed by atoms with Gasteiger partial charge in [-0.05, 0) is 81.9 Å². The molecule has 4 rings (SSSR count). The minimum Gasteiger partial charge on any atom is -0.379 e. The molecule has 1 saturated carbocycles. The van der Waals surface area contributed by atoms with Crippen LogP contribution in [0.5, 0.6) is 0 Å². The summed E-state index contributed by atoms with van der Waals surface area (Å²) in [7, 11) is 6.56. The molecule has 1 aromatic rings. The summed E-state index contributed by atoms with van der Waals surface area (Å²) >= 11 is 0. The van der Waals surface area contributed by atoms with E-state index in [1.807, 2.05) is 83.7 Å². The molecule has 1 saturated heterocycles. The van der Waals surface area contributed by atoms with Crippen LogP contribution in [0.1, 0.15) is 144 Å². The van der Waals surface area contributed by atoms with E-state index in [0.29, 0.717) is 71.0 Å². The van der Waals surface area contributed by atoms with Crippen LogP contribution in [0.3, 0.4) is 0 Å². The van der Waals surface area contributed by atoms with Crippen LogP contribution in [0.25, 0.3) is 0 Å². The summed E-state index contributed by atoms with van der Waals surface area (Å²) in [6.45, 7) is 16.9. The number of methoxy groups -OCH3 is 2. The number of hydrogen-bond acceptors (Lipinski definition) is 12. The molecule has 0 bridgehead atoms. The lowest BCUT2D eigenvalue weighted by Crippen LogP contribution is -2.60. The maximum absolute atomic E-state index is 14.7. The van der Waals surface area contributed by atoms with Crippen molar-refractivity contribution in [1.29, 1.82) is 0 Å². The number of likely N-dealkylation sites (N-methyl/N-ethyl adjacent to an activating group) is 2. The van der Waals surface area contributed by atoms with E-state index in [0.717, 1.165) is 16.9 Å². The highest BCUT2D eigenvalue weighted by Crippen LogP contribution is 2.52. The Bertz CT molecular complexity index is 2190. The first kappa shape index (κ1) is 63.8. The number of amides is 9. The minimum absolute atomic E-state index is 0.0491. The van der Waals surface area contributed by atoms with E-state index in [4.69, 9.17) is 9.47 Å². The van der Waals surface area contributed by atoms with E-state index in [-0.39, 0.29) is 103 Å². The van der Waals surface area contributed by atoms with Crippen molar-refractivity contribution in [2.24, 2.45) is 23.7 Å². The number of benzene rings is 1. The lowest BCUT2D eigenvalue weighted by Gasteiger charge is -2.41. The summed E-state index contributed by atoms with van der Waals surface area (Å²) in [5.74, 6) is -4.31. The zero-order valence-electron chi connectivity index (χ0n) is 48.0. The van der Waals surface area contributed by atoms with Gasteiger partial charge in [0.1, 0.15) is 11.6 Å². The molecule has 20 nitrogen and oxygen atoms in total. The molecule has 10 atom stereocenters. The fourth-order valence-electron chi connectivity index (χ4n) is 11.1. The molecule has 3 aliphatic rings. The molecule has 77 heavy (non-hydrogen) atoms. The smallest absolute Gasteiger partial charge is 0.253 e. The van der Waals surface area contributed by atoms with Crippen LogP contribution in [0.2, 0.25) is 0 Å². The number of ether oxygens (including phenoxy) is 2. The first-order chi connectivity index (χ1) is 36.6. The highest BCUT2D eigenvalue weighted by atomic mass is 16.5. The van der Waals surface area contributed by atoms with Gasteiger partial charge < -0.3 is 35.2 Å². The average molecular weight is 1080 g/mol. The highest BCUT2D eigenvalue weighted by Gasteiger charge is 2.62. The predicted molar refractivity (Wildman–Crippen MR) is 292 cm³/mol. The number of nitrogens with one attached hydrogen (secondary N) is 5. The van der Waals surface area contributed by atoms with Gasteiger partial charge in [-0.2, -0.15) is 0 Å². The molecular weight excluding hydrogens is 987 g/mol. The van der Waals surface area contributed by atoms with E-state index in [2.05, 4.69) is 26.8 Å². The van der Waals surface area contributed by atoms with Crippen LogP contribution < -0.4 is 26.8 Å². The quantitative estimate of drug-likeness (QED) is 0.0391. The molecule has 9 amide bonds. The van der Waals surface area contributed by atoms with Gasteiger partial charge in [0.15, 0.2) is 0 Å². The van der Waals surface area contributed by atoms with Gasteiger partial charge in [0.2, 0.25) is 41.4 Å². The Balaban J connectivity index is 1.34. The average Bonchev–Trinajstić information content (AvgIpc) is 3.79. The molecule has 430 valence electrons. The van der Waals surface area contributed by atoms with Gasteiger partial charge >= 0.3 is 0 Å². The number of carbonyl (C=O) groups is 9. The molecule has 2 aliphatic heterocycles. The van der Waals surface area contributed by atoms with Crippen molar-refractivity contribution in [2.45, 2.75) is 180 Å². The van der Waals surface area contributed by atoms with Crippen LogP contribution in [0, 0.1) is 23.7 Å². The lowest BCUT2D eigenvalue weighted by molar-refractivity contribution is -0.148. The van der Waals surface area contributed by atoms with E-state index < -0.39 is 47.8 Å². The maximum atomic E-state index is 14.7. The maximum Gasteiger partial charge on any atom is 0.253 e. The van der Waals surface area contributed by atoms with Crippen LogP contribution >= 0.6 is 0 Å². The summed E-state index contributed by atoms with van der Waals surface area (Å²) in [6.07, 6.45) is 6.56. The number of rotatable bonds is 32. The standard InChI is InChI=1S/C57H91N9O11/c1-13-30-58-56(75)57(35-41(57)40-23-17-15-18-24-40)60-53(72)39(8)52(77-12)42-25-21-33-65(42)48(71)34-43(76-11)51(38(7)14-2)64(10)55(74)49(36(3)4)59-54(73)50(37(5)6)63(9)31-22-27-45(68)62-61-44(67)26-19-16-20-32-66-46(69)28-29-47(66)70/h15,17-18,23-24,28-29,36-39,41-43,49-52H,13-14,16,19-22,25-27,30-35H2,1-12H3,(H,58,75)(H,59,73)(H,60,72)(H,61,67)(H,62,68)/t38-,39+,41+,42-,43+,49-,50-,51?,52+,57-/m0/s1. The van der Waals surface area contributed by atoms with Gasteiger partial charge in [-0.25, -0.2) is 0 Å². The SMILES string of the molecule is CCCNC(=O)[C@]1(NC(=O)[C@H](C)[C@@H](OC)[C@@H]2CCCN2C(=O)C[C@@H](OC)C([C@@H](C)CC)N(C)C(=O)[C@@H](NC(=O)[C@H](C(C)C)N(C)CCCC(=O)NNC(=O)CCCCCN2C(=O)C=CC2=O)C(C)C)C[C@@H]1c1ccccc1. The Kier molecular flexibility index (Phi) is 25.2. The van der Waals surface area contributed by atoms with Gasteiger partial charge in [0.05, 0.1) is 42.7 Å². The van der Waals surface area contributed by atoms with E-state index in [1.54, 1.807) is 30.8 Å². The third-order valence-electron chi connectivity index (χ3n) is 15.8. The van der Waals surface area contributed by atoms with Gasteiger partial charge in [-0.1, -0.05) is 98.6 Å². The largest absolute Gasteiger partial charge is 0.379 e. The summed E-state index contributed by atoms with van der Waals surface area (Å²) in [6, 6.07) is 7.15. The zero-order chi connectivity index (χ0) is 57.1. The molecule has 0 spiro atoms. The third-order valence-corrected chi connectivity index (χ3v) is 15.8. The zero-order valence-corrected chi connectivity index (χ0v) is 48.0. The highest BCUT2D eigenvalue weighted by molar-refractivity contribution is 6.12. The van der Waals surface area contributed by atoms with Gasteiger partial charge in [-0.3, -0.25) is 63.8 Å². The molecule has 5 N–H and O–H groups in total. The molecule has 1 unspecified atom stereocenters. The van der Waals surface area contributed by atoms with Crippen LogP contribution in [0.15, 0.2) is 42.5 Å². The molecule has 1 aromatic carbocycles. The number of nitrogens with zero attached hydrogens (tertiary/aromatic N) is 4. The fourth-order valence-corrected chi connectivity index (χ4v) is 11.1. The molecular formula is C57H91N9O11. The Labute approximate surface area is 457 Å². The van der Waals surface area contributed by atoms with Gasteiger partial charge in [0, 0.05) is 71.8 Å². The molecule has 0 aromatic heterocycles. The van der Waals surface area contributed by atoms with Crippen LogP contribution in [-0.2, 0) is 52.6 Å². The second kappa shape index (κ2) is 30.4. The Morgan fingerprint density at radius 2 is 1.44 bits per heavy atom. The number of hydrazine groups is 1. The molecule has 0 radical (unpaired) electrons. The van der Waals surface area contributed by atoms with Crippen molar-refractivity contribution in [3.05, 3.63) is 48.0 Å². The normalized spacial score (nSPS) is 20.8. The van der Waals surface area contributed by atoms with Crippen molar-refractivity contribution >= 4 is 53.2 Å². The number of imide groups is 1. The Morgan fingerprint density at radius 1 is 0.805 bits per heavy atom. The van der Waals surface area contributed by atoms with Gasteiger partial charge in [-0.15, -0.1) is 0 Å². The molecule has 2 fully saturated rings. The predicted octanol–water partition coefficient (Wildman–Crippen LogP) is 3.99. The first-order valence-electron chi connectivity index (χ1n) is 28.0. The number of likely N-dealkylation sites (tertiary alicyclic amines) is 1. The topological polar surface area (TPSA) is 245 Å². The number of carbonyl (C=O) groups excluding carboxylic acids is 9. The van der Waals surface area contributed by atoms with Crippen molar-refractivity contribution in [2.75, 3.05) is 54.5 Å². The summed E-state index contributed by atoms with van der Waals surface area (Å²) in [5.41, 5.74) is 4.75. The monoisotopic (exact) mass is 1080 g/mol. The molecule has 2 heterocycles. The summed E-state index contributed by atoms with van der Waals surface area (Å²) < 4.78 is 12.2. The van der Waals surface area contributed by atoms with Crippen LogP contribution in [-0.4, -0.2) is 169 Å². The Morgan fingerprint density at radius 3 is 2.01 bits per heavy atom. The summed E-state index contributed by atoms with van der Waals surface area (Å²) in [4.78, 5) is 126. The second-order valence-corrected chi connectivity index (χ2v) is 22.0. The molecule has 1 aliphatic carbocycles. The summed E-state index contributed by atoms with van der Waals surface area (Å²) in [5, 5.41) is 9.18. The molecule has 20 heteroatoms. The number of unbranched alkanes of at least 4 members (excludes halogenated alkanes) is 2. The van der Waals surface area contributed by atoms with Gasteiger partial charge in [0.25, 0.3) is 11.8 Å². The fraction of sp³-hybridized carbons (Fsp3) is 0.702. The van der Waals surface area contributed by atoms with E-state index in [1.165, 1.54) is 26.4 Å². The third kappa shape index (κ3) is 17.1.